The van der Waals surface area contributed by atoms with Crippen molar-refractivity contribution in [2.75, 3.05) is 25.1 Å². The first-order valence-electron chi connectivity index (χ1n) is 8.81. The molecule has 0 spiro atoms. The van der Waals surface area contributed by atoms with Gasteiger partial charge in [0.15, 0.2) is 0 Å². The monoisotopic (exact) mass is 395 g/mol. The van der Waals surface area contributed by atoms with E-state index in [4.69, 9.17) is 37.4 Å². The highest BCUT2D eigenvalue weighted by Gasteiger charge is 2.17. The van der Waals surface area contributed by atoms with Crippen molar-refractivity contribution >= 4 is 28.9 Å². The molecule has 1 saturated heterocycles. The van der Waals surface area contributed by atoms with Crippen LogP contribution in [0.1, 0.15) is 19.8 Å². The predicted octanol–water partition coefficient (Wildman–Crippen LogP) is 5.43. The minimum Gasteiger partial charge on any atom is -0.489 e. The number of anilines is 1. The highest BCUT2D eigenvalue weighted by Crippen LogP contribution is 2.29. The normalized spacial score (nSPS) is 17.7. The summed E-state index contributed by atoms with van der Waals surface area (Å²) in [6.45, 7) is 3.99. The lowest BCUT2D eigenvalue weighted by Gasteiger charge is -2.19. The first-order chi connectivity index (χ1) is 12.6. The maximum atomic E-state index is 6.16. The van der Waals surface area contributed by atoms with Crippen LogP contribution in [0.5, 0.6) is 11.5 Å². The Hall–Kier alpha value is -1.62. The fourth-order valence-corrected chi connectivity index (χ4v) is 3.23. The molecule has 2 unspecified atom stereocenters. The average Bonchev–Trinajstić information content (AvgIpc) is 3.15. The maximum absolute atomic E-state index is 6.16. The molecule has 0 aliphatic carbocycles. The van der Waals surface area contributed by atoms with Crippen LogP contribution in [0.3, 0.4) is 0 Å². The van der Waals surface area contributed by atoms with Crippen molar-refractivity contribution in [1.29, 1.82) is 0 Å². The van der Waals surface area contributed by atoms with Gasteiger partial charge in [0.05, 0.1) is 23.4 Å². The van der Waals surface area contributed by atoms with Crippen LogP contribution in [-0.2, 0) is 4.74 Å². The molecule has 3 rings (SSSR count). The second kappa shape index (κ2) is 9.36. The van der Waals surface area contributed by atoms with Gasteiger partial charge in [-0.25, -0.2) is 0 Å². The third kappa shape index (κ3) is 5.44. The lowest BCUT2D eigenvalue weighted by molar-refractivity contribution is 0.0682. The van der Waals surface area contributed by atoms with Crippen LogP contribution in [0.25, 0.3) is 0 Å². The van der Waals surface area contributed by atoms with E-state index >= 15 is 0 Å². The van der Waals surface area contributed by atoms with E-state index < -0.39 is 0 Å². The molecule has 1 fully saturated rings. The summed E-state index contributed by atoms with van der Waals surface area (Å²) in [5.41, 5.74) is 0.933. The molecule has 140 valence electrons. The summed E-state index contributed by atoms with van der Waals surface area (Å²) < 4.78 is 17.4. The van der Waals surface area contributed by atoms with E-state index in [1.54, 1.807) is 18.2 Å². The molecule has 2 aromatic rings. The zero-order valence-corrected chi connectivity index (χ0v) is 16.2. The molecule has 0 bridgehead atoms. The molecular formula is C20H23Cl2NO3. The van der Waals surface area contributed by atoms with Gasteiger partial charge in [0.2, 0.25) is 0 Å². The summed E-state index contributed by atoms with van der Waals surface area (Å²) >= 11 is 12.1. The van der Waals surface area contributed by atoms with Crippen molar-refractivity contribution in [2.45, 2.75) is 32.0 Å². The van der Waals surface area contributed by atoms with E-state index in [1.165, 1.54) is 0 Å². The molecule has 4 nitrogen and oxygen atoms in total. The standard InChI is InChI=1S/C20H23Cl2NO3/c1-14(26-19-9-8-15(21)11-17(19)22)12-23-18-6-2-3-7-20(18)25-13-16-5-4-10-24-16/h2-3,6-9,11,14,16,23H,4-5,10,12-13H2,1H3. The molecule has 1 heterocycles. The second-order valence-corrected chi connectivity index (χ2v) is 7.17. The Balaban J connectivity index is 1.53. The molecule has 26 heavy (non-hydrogen) atoms. The van der Waals surface area contributed by atoms with E-state index in [9.17, 15) is 0 Å². The van der Waals surface area contributed by atoms with E-state index in [0.29, 0.717) is 28.9 Å². The fraction of sp³-hybridized carbons (Fsp3) is 0.400. The molecule has 0 aromatic heterocycles. The Kier molecular flexibility index (Phi) is 6.89. The lowest BCUT2D eigenvalue weighted by Crippen LogP contribution is -2.23. The molecule has 1 N–H and O–H groups in total. The zero-order valence-electron chi connectivity index (χ0n) is 14.7. The van der Waals surface area contributed by atoms with Crippen molar-refractivity contribution in [3.8, 4) is 11.5 Å². The van der Waals surface area contributed by atoms with Crippen LogP contribution in [0.4, 0.5) is 5.69 Å². The van der Waals surface area contributed by atoms with Crippen LogP contribution in [0.15, 0.2) is 42.5 Å². The Labute approximate surface area is 164 Å². The summed E-state index contributed by atoms with van der Waals surface area (Å²) in [5.74, 6) is 1.44. The molecule has 2 atom stereocenters. The van der Waals surface area contributed by atoms with Gasteiger partial charge < -0.3 is 19.5 Å². The van der Waals surface area contributed by atoms with Gasteiger partial charge in [0.25, 0.3) is 0 Å². The van der Waals surface area contributed by atoms with Gasteiger partial charge in [-0.2, -0.15) is 0 Å². The third-order valence-electron chi connectivity index (χ3n) is 4.14. The summed E-state index contributed by atoms with van der Waals surface area (Å²) in [7, 11) is 0. The third-order valence-corrected chi connectivity index (χ3v) is 4.67. The fourth-order valence-electron chi connectivity index (χ4n) is 2.78. The highest BCUT2D eigenvalue weighted by atomic mass is 35.5. The Morgan fingerprint density at radius 1 is 1.19 bits per heavy atom. The van der Waals surface area contributed by atoms with Crippen molar-refractivity contribution < 1.29 is 14.2 Å². The van der Waals surface area contributed by atoms with Crippen LogP contribution in [0, 0.1) is 0 Å². The average molecular weight is 396 g/mol. The number of halogens is 2. The number of hydrogen-bond donors (Lipinski definition) is 1. The minimum atomic E-state index is -0.0834. The van der Waals surface area contributed by atoms with E-state index in [0.717, 1.165) is 30.9 Å². The Morgan fingerprint density at radius 2 is 2.04 bits per heavy atom. The topological polar surface area (TPSA) is 39.7 Å². The largest absolute Gasteiger partial charge is 0.489 e. The number of ether oxygens (including phenoxy) is 3. The van der Waals surface area contributed by atoms with Crippen molar-refractivity contribution in [2.24, 2.45) is 0 Å². The number of benzene rings is 2. The Bertz CT molecular complexity index is 720. The zero-order chi connectivity index (χ0) is 18.4. The summed E-state index contributed by atoms with van der Waals surface area (Å²) in [4.78, 5) is 0. The first-order valence-corrected chi connectivity index (χ1v) is 9.56. The van der Waals surface area contributed by atoms with Crippen molar-refractivity contribution in [3.05, 3.63) is 52.5 Å². The maximum Gasteiger partial charge on any atom is 0.142 e. The minimum absolute atomic E-state index is 0.0834. The van der Waals surface area contributed by atoms with E-state index in [1.807, 2.05) is 31.2 Å². The van der Waals surface area contributed by atoms with E-state index in [2.05, 4.69) is 5.32 Å². The molecule has 6 heteroatoms. The molecule has 0 radical (unpaired) electrons. The quantitative estimate of drug-likeness (QED) is 0.646. The lowest BCUT2D eigenvalue weighted by atomic mass is 10.2. The summed E-state index contributed by atoms with van der Waals surface area (Å²) in [6.07, 6.45) is 2.27. The van der Waals surface area contributed by atoms with Crippen LogP contribution >= 0.6 is 23.2 Å². The Morgan fingerprint density at radius 3 is 2.81 bits per heavy atom. The van der Waals surface area contributed by atoms with Crippen LogP contribution in [0.2, 0.25) is 10.0 Å². The summed E-state index contributed by atoms with van der Waals surface area (Å²) in [5, 5.41) is 4.47. The van der Waals surface area contributed by atoms with Gasteiger partial charge in [0, 0.05) is 11.6 Å². The van der Waals surface area contributed by atoms with Gasteiger partial charge in [0.1, 0.15) is 24.2 Å². The number of nitrogens with one attached hydrogen (secondary N) is 1. The molecule has 2 aromatic carbocycles. The molecule has 1 aliphatic heterocycles. The van der Waals surface area contributed by atoms with Gasteiger partial charge in [-0.05, 0) is 50.1 Å². The van der Waals surface area contributed by atoms with Crippen LogP contribution < -0.4 is 14.8 Å². The number of hydrogen-bond acceptors (Lipinski definition) is 4. The first kappa shape index (κ1) is 19.2. The molecular weight excluding hydrogens is 373 g/mol. The smallest absolute Gasteiger partial charge is 0.142 e. The van der Waals surface area contributed by atoms with Gasteiger partial charge in [-0.15, -0.1) is 0 Å². The SMILES string of the molecule is CC(CNc1ccccc1OCC1CCCO1)Oc1ccc(Cl)cc1Cl. The predicted molar refractivity (Wildman–Crippen MR) is 106 cm³/mol. The molecule has 0 amide bonds. The van der Waals surface area contributed by atoms with E-state index in [-0.39, 0.29) is 12.2 Å². The van der Waals surface area contributed by atoms with Gasteiger partial charge in [-0.1, -0.05) is 35.3 Å². The molecule has 1 aliphatic rings. The summed E-state index contributed by atoms with van der Waals surface area (Å²) in [6, 6.07) is 13.1. The van der Waals surface area contributed by atoms with Gasteiger partial charge >= 0.3 is 0 Å². The molecule has 0 saturated carbocycles. The van der Waals surface area contributed by atoms with Crippen molar-refractivity contribution in [1.82, 2.24) is 0 Å². The second-order valence-electron chi connectivity index (χ2n) is 6.33. The number of rotatable bonds is 8. The van der Waals surface area contributed by atoms with Gasteiger partial charge in [-0.3, -0.25) is 0 Å². The van der Waals surface area contributed by atoms with Crippen LogP contribution in [-0.4, -0.2) is 32.0 Å². The number of para-hydroxylation sites is 2. The highest BCUT2D eigenvalue weighted by molar-refractivity contribution is 6.35. The van der Waals surface area contributed by atoms with Crippen molar-refractivity contribution in [3.63, 3.8) is 0 Å².